The van der Waals surface area contributed by atoms with Crippen LogP contribution in [0.5, 0.6) is 5.75 Å². The Morgan fingerprint density at radius 2 is 1.78 bits per heavy atom. The minimum atomic E-state index is -3.74. The van der Waals surface area contributed by atoms with Crippen molar-refractivity contribution in [2.75, 3.05) is 25.5 Å². The molecule has 1 saturated heterocycles. The number of amides is 2. The molecular weight excluding hydrogens is 437 g/mol. The van der Waals surface area contributed by atoms with Crippen LogP contribution in [0.15, 0.2) is 53.4 Å². The number of rotatable bonds is 7. The lowest BCUT2D eigenvalue weighted by Gasteiger charge is -2.31. The highest BCUT2D eigenvalue weighted by Gasteiger charge is 2.33. The maximum Gasteiger partial charge on any atom is 0.246 e. The number of piperidine rings is 1. The fourth-order valence-electron chi connectivity index (χ4n) is 3.46. The third-order valence-electron chi connectivity index (χ3n) is 5.37. The van der Waals surface area contributed by atoms with Crippen molar-refractivity contribution in [1.82, 2.24) is 9.62 Å². The highest BCUT2D eigenvalue weighted by Crippen LogP contribution is 2.24. The van der Waals surface area contributed by atoms with E-state index in [2.05, 4.69) is 10.6 Å². The Hall–Kier alpha value is -2.98. The van der Waals surface area contributed by atoms with E-state index < -0.39 is 27.8 Å². The number of halogens is 1. The van der Waals surface area contributed by atoms with Crippen LogP contribution in [0.3, 0.4) is 0 Å². The maximum absolute atomic E-state index is 13.1. The van der Waals surface area contributed by atoms with Crippen LogP contribution in [-0.2, 0) is 19.6 Å². The highest BCUT2D eigenvalue weighted by molar-refractivity contribution is 7.89. The van der Waals surface area contributed by atoms with Crippen LogP contribution in [0.2, 0.25) is 0 Å². The number of carbonyl (C=O) groups is 2. The van der Waals surface area contributed by atoms with E-state index in [4.69, 9.17) is 4.74 Å². The molecule has 32 heavy (non-hydrogen) atoms. The molecule has 0 spiro atoms. The predicted molar refractivity (Wildman–Crippen MR) is 117 cm³/mol. The Bertz CT molecular complexity index is 1070. The fourth-order valence-corrected chi connectivity index (χ4v) is 4.93. The zero-order valence-electron chi connectivity index (χ0n) is 17.9. The maximum atomic E-state index is 13.1. The van der Waals surface area contributed by atoms with E-state index in [0.29, 0.717) is 24.3 Å². The molecule has 1 atom stereocenters. The number of ether oxygens (including phenoxy) is 1. The highest BCUT2D eigenvalue weighted by atomic mass is 32.2. The van der Waals surface area contributed by atoms with E-state index >= 15 is 0 Å². The second-order valence-corrected chi connectivity index (χ2v) is 9.52. The van der Waals surface area contributed by atoms with E-state index in [-0.39, 0.29) is 29.8 Å². The molecule has 0 unspecified atom stereocenters. The van der Waals surface area contributed by atoms with Crippen molar-refractivity contribution in [1.29, 1.82) is 0 Å². The Labute approximate surface area is 186 Å². The normalized spacial score (nSPS) is 16.2. The van der Waals surface area contributed by atoms with Gasteiger partial charge >= 0.3 is 0 Å². The number of benzene rings is 2. The first-order valence-electron chi connectivity index (χ1n) is 10.2. The summed E-state index contributed by atoms with van der Waals surface area (Å²) in [6.45, 7) is 1.92. The summed E-state index contributed by atoms with van der Waals surface area (Å²) in [5, 5.41) is 5.42. The largest absolute Gasteiger partial charge is 0.497 e. The zero-order chi connectivity index (χ0) is 23.3. The van der Waals surface area contributed by atoms with Crippen LogP contribution in [0.25, 0.3) is 0 Å². The Morgan fingerprint density at radius 1 is 1.12 bits per heavy atom. The first kappa shape index (κ1) is 23.7. The average Bonchev–Trinajstić information content (AvgIpc) is 2.79. The van der Waals surface area contributed by atoms with E-state index in [1.165, 1.54) is 23.5 Å². The summed E-state index contributed by atoms with van der Waals surface area (Å²) in [6.07, 6.45) is 0.660. The van der Waals surface area contributed by atoms with Gasteiger partial charge in [0.2, 0.25) is 21.8 Å². The van der Waals surface area contributed by atoms with Crippen LogP contribution in [0, 0.1) is 11.7 Å². The second kappa shape index (κ2) is 10.1. The van der Waals surface area contributed by atoms with Crippen LogP contribution in [-0.4, -0.2) is 50.8 Å². The van der Waals surface area contributed by atoms with Gasteiger partial charge in [0.05, 0.1) is 12.0 Å². The molecule has 2 aromatic carbocycles. The minimum Gasteiger partial charge on any atom is -0.497 e. The lowest BCUT2D eigenvalue weighted by molar-refractivity contribution is -0.129. The monoisotopic (exact) mass is 463 g/mol. The number of nitrogens with one attached hydrogen (secondary N) is 2. The van der Waals surface area contributed by atoms with Crippen molar-refractivity contribution < 1.29 is 27.1 Å². The molecule has 2 amide bonds. The van der Waals surface area contributed by atoms with Gasteiger partial charge in [-0.1, -0.05) is 6.07 Å². The van der Waals surface area contributed by atoms with Crippen LogP contribution >= 0.6 is 0 Å². The number of methoxy groups -OCH3 is 1. The van der Waals surface area contributed by atoms with E-state index in [1.807, 2.05) is 0 Å². The number of nitrogens with zero attached hydrogens (tertiary/aromatic N) is 1. The second-order valence-electron chi connectivity index (χ2n) is 7.58. The summed E-state index contributed by atoms with van der Waals surface area (Å²) in [5.41, 5.74) is 0.551. The lowest BCUT2D eigenvalue weighted by atomic mass is 9.97. The van der Waals surface area contributed by atoms with Crippen LogP contribution in [0.4, 0.5) is 10.1 Å². The number of carbonyl (C=O) groups excluding carboxylic acids is 2. The van der Waals surface area contributed by atoms with E-state index in [0.717, 1.165) is 12.1 Å². The van der Waals surface area contributed by atoms with Gasteiger partial charge in [0.1, 0.15) is 17.6 Å². The van der Waals surface area contributed by atoms with E-state index in [9.17, 15) is 22.4 Å². The summed E-state index contributed by atoms with van der Waals surface area (Å²) < 4.78 is 44.9. The summed E-state index contributed by atoms with van der Waals surface area (Å²) in [5.74, 6) is -0.979. The third kappa shape index (κ3) is 5.63. The van der Waals surface area contributed by atoms with Gasteiger partial charge in [-0.3, -0.25) is 9.59 Å². The van der Waals surface area contributed by atoms with Gasteiger partial charge < -0.3 is 15.4 Å². The molecule has 172 valence electrons. The van der Waals surface area contributed by atoms with Crippen molar-refractivity contribution in [2.24, 2.45) is 5.92 Å². The molecule has 3 rings (SSSR count). The minimum absolute atomic E-state index is 0.0182. The summed E-state index contributed by atoms with van der Waals surface area (Å²) >= 11 is 0. The van der Waals surface area contributed by atoms with Gasteiger partial charge in [0.25, 0.3) is 0 Å². The lowest BCUT2D eigenvalue weighted by Crippen LogP contribution is -2.47. The van der Waals surface area contributed by atoms with Crippen molar-refractivity contribution in [3.05, 3.63) is 54.3 Å². The molecule has 2 aromatic rings. The van der Waals surface area contributed by atoms with Gasteiger partial charge in [0.15, 0.2) is 0 Å². The predicted octanol–water partition coefficient (Wildman–Crippen LogP) is 2.38. The van der Waals surface area contributed by atoms with Crippen molar-refractivity contribution >= 4 is 27.5 Å². The zero-order valence-corrected chi connectivity index (χ0v) is 18.7. The molecule has 2 N–H and O–H groups in total. The summed E-state index contributed by atoms with van der Waals surface area (Å²) in [4.78, 5) is 25.0. The molecule has 1 fully saturated rings. The molecule has 10 heteroatoms. The number of hydrogen-bond acceptors (Lipinski definition) is 5. The molecule has 0 radical (unpaired) electrons. The number of anilines is 1. The molecule has 0 aliphatic carbocycles. The van der Waals surface area contributed by atoms with Gasteiger partial charge in [-0.15, -0.1) is 0 Å². The molecule has 0 saturated carbocycles. The molecule has 8 nitrogen and oxygen atoms in total. The number of hydrogen-bond donors (Lipinski definition) is 2. The van der Waals surface area contributed by atoms with Crippen molar-refractivity contribution in [2.45, 2.75) is 30.7 Å². The smallest absolute Gasteiger partial charge is 0.246 e. The standard InChI is InChI=1S/C22H26FN3O5S/c1-15(21(27)25-18-4-3-5-19(14-18)31-2)24-22(28)16-10-12-26(13-11-16)32(29,30)20-8-6-17(23)7-9-20/h3-9,14-16H,10-13H2,1-2H3,(H,24,28)(H,25,27)/t15-/m0/s1. The molecular formula is C22H26FN3O5S. The third-order valence-corrected chi connectivity index (χ3v) is 7.28. The van der Waals surface area contributed by atoms with Crippen LogP contribution in [0.1, 0.15) is 19.8 Å². The Kier molecular flexibility index (Phi) is 7.47. The average molecular weight is 464 g/mol. The van der Waals surface area contributed by atoms with Gasteiger partial charge in [-0.05, 0) is 56.2 Å². The Morgan fingerprint density at radius 3 is 2.41 bits per heavy atom. The van der Waals surface area contributed by atoms with Gasteiger partial charge in [-0.2, -0.15) is 4.31 Å². The molecule has 0 bridgehead atoms. The first-order valence-corrected chi connectivity index (χ1v) is 11.7. The van der Waals surface area contributed by atoms with Crippen LogP contribution < -0.4 is 15.4 Å². The topological polar surface area (TPSA) is 105 Å². The van der Waals surface area contributed by atoms with Gasteiger partial charge in [-0.25, -0.2) is 12.8 Å². The fraction of sp³-hybridized carbons (Fsp3) is 0.364. The number of sulfonamides is 1. The first-order chi connectivity index (χ1) is 15.2. The van der Waals surface area contributed by atoms with Gasteiger partial charge in [0, 0.05) is 30.8 Å². The summed E-state index contributed by atoms with van der Waals surface area (Å²) in [7, 11) is -2.22. The molecule has 1 heterocycles. The molecule has 0 aromatic heterocycles. The Balaban J connectivity index is 1.52. The molecule has 1 aliphatic heterocycles. The molecule has 1 aliphatic rings. The summed E-state index contributed by atoms with van der Waals surface area (Å²) in [6, 6.07) is 10.8. The quantitative estimate of drug-likeness (QED) is 0.656. The van der Waals surface area contributed by atoms with E-state index in [1.54, 1.807) is 31.2 Å². The van der Waals surface area contributed by atoms with Crippen molar-refractivity contribution in [3.63, 3.8) is 0 Å². The SMILES string of the molecule is COc1cccc(NC(=O)[C@H](C)NC(=O)C2CCN(S(=O)(=O)c3ccc(F)cc3)CC2)c1. The van der Waals surface area contributed by atoms with Crippen molar-refractivity contribution in [3.8, 4) is 5.75 Å².